The molecule has 1 aliphatic heterocycles. The van der Waals surface area contributed by atoms with Crippen LogP contribution in [0.4, 0.5) is 13.2 Å². The van der Waals surface area contributed by atoms with Crippen LogP contribution < -0.4 is 10.6 Å². The zero-order chi connectivity index (χ0) is 31.0. The van der Waals surface area contributed by atoms with Crippen LogP contribution in [-0.2, 0) is 16.8 Å². The molecule has 0 radical (unpaired) electrons. The van der Waals surface area contributed by atoms with Gasteiger partial charge in [0.25, 0.3) is 0 Å². The van der Waals surface area contributed by atoms with E-state index < -0.39 is 63.7 Å². The van der Waals surface area contributed by atoms with E-state index in [1.165, 1.54) is 36.4 Å². The Morgan fingerprint density at radius 1 is 1.07 bits per heavy atom. The fourth-order valence-corrected chi connectivity index (χ4v) is 6.04. The van der Waals surface area contributed by atoms with E-state index in [-0.39, 0.29) is 33.3 Å². The Kier molecular flexibility index (Phi) is 8.93. The lowest BCUT2D eigenvalue weighted by atomic mass is 9.62. The first-order valence-electron chi connectivity index (χ1n) is 13.1. The van der Waals surface area contributed by atoms with Gasteiger partial charge in [-0.3, -0.25) is 4.79 Å². The smallest absolute Gasteiger partial charge is 0.338 e. The standard InChI is InChI=1S/C31H28Cl2F3N3O3/c1-30(2,3)13-24-31(15-37,20-10-8-17(32)12-23(20)35)25(19-5-4-6-21(33)26(19)36)27(39-24)28(40)38-14-16-7-9-18(29(41)42)22(34)11-16/h4-12,24-25,27,39H,13-14H2,1-3H3,(H,38,40)(H,41,42)/t24-,25-,27+,31-/m1/s1. The van der Waals surface area contributed by atoms with Crippen LogP contribution in [-0.4, -0.2) is 29.1 Å². The van der Waals surface area contributed by atoms with Crippen molar-refractivity contribution in [2.45, 2.75) is 57.2 Å². The van der Waals surface area contributed by atoms with Gasteiger partial charge in [0, 0.05) is 29.1 Å². The van der Waals surface area contributed by atoms with E-state index in [0.717, 1.165) is 18.2 Å². The Balaban J connectivity index is 1.85. The van der Waals surface area contributed by atoms with Crippen molar-refractivity contribution in [1.29, 1.82) is 5.26 Å². The van der Waals surface area contributed by atoms with Gasteiger partial charge in [-0.05, 0) is 53.3 Å². The number of halogens is 5. The van der Waals surface area contributed by atoms with Crippen LogP contribution in [0.2, 0.25) is 10.0 Å². The highest BCUT2D eigenvalue weighted by Crippen LogP contribution is 2.52. The Morgan fingerprint density at radius 3 is 2.38 bits per heavy atom. The number of nitriles is 1. The second-order valence-electron chi connectivity index (χ2n) is 11.5. The number of nitrogens with one attached hydrogen (secondary N) is 2. The highest BCUT2D eigenvalue weighted by Gasteiger charge is 2.61. The maximum Gasteiger partial charge on any atom is 0.338 e. The Bertz CT molecular complexity index is 1590. The summed E-state index contributed by atoms with van der Waals surface area (Å²) in [6, 6.07) is 11.7. The number of carbonyl (C=O) groups excluding carboxylic acids is 1. The SMILES string of the molecule is CC(C)(C)C[C@H]1N[C@H](C(=O)NCc2ccc(C(=O)O)c(F)c2)[C@@H](c2cccc(Cl)c2F)[C@]1(C#N)c1ccc(Cl)cc1F. The van der Waals surface area contributed by atoms with Crippen molar-refractivity contribution >= 4 is 35.1 Å². The third-order valence-corrected chi connectivity index (χ3v) is 7.99. The molecular formula is C31H28Cl2F3N3O3. The second kappa shape index (κ2) is 12.0. The van der Waals surface area contributed by atoms with E-state index >= 15 is 8.78 Å². The number of hydrogen-bond acceptors (Lipinski definition) is 4. The summed E-state index contributed by atoms with van der Waals surface area (Å²) in [6.45, 7) is 5.57. The van der Waals surface area contributed by atoms with Crippen LogP contribution in [0.3, 0.4) is 0 Å². The van der Waals surface area contributed by atoms with E-state index in [1.807, 2.05) is 20.8 Å². The van der Waals surface area contributed by atoms with Crippen molar-refractivity contribution in [2.75, 3.05) is 0 Å². The zero-order valence-electron chi connectivity index (χ0n) is 22.9. The third-order valence-electron chi connectivity index (χ3n) is 7.46. The minimum absolute atomic E-state index is 0.0536. The number of carboxylic acids is 1. The average Bonchev–Trinajstić information content (AvgIpc) is 3.21. The lowest BCUT2D eigenvalue weighted by Crippen LogP contribution is -2.45. The van der Waals surface area contributed by atoms with Crippen LogP contribution in [0.1, 0.15) is 60.2 Å². The summed E-state index contributed by atoms with van der Waals surface area (Å²) >= 11 is 12.2. The molecule has 6 nitrogen and oxygen atoms in total. The number of nitrogens with zero attached hydrogens (tertiary/aromatic N) is 1. The number of amides is 1. The molecule has 0 spiro atoms. The number of carboxylic acid groups (broad SMARTS) is 1. The zero-order valence-corrected chi connectivity index (χ0v) is 24.5. The molecule has 3 aromatic carbocycles. The van der Waals surface area contributed by atoms with Crippen LogP contribution in [0, 0.1) is 34.2 Å². The molecule has 4 atom stereocenters. The Morgan fingerprint density at radius 2 is 1.79 bits per heavy atom. The van der Waals surface area contributed by atoms with Crippen LogP contribution in [0.25, 0.3) is 0 Å². The molecular weight excluding hydrogens is 590 g/mol. The molecule has 0 aromatic heterocycles. The van der Waals surface area contributed by atoms with Crippen molar-refractivity contribution in [3.63, 3.8) is 0 Å². The molecule has 3 aromatic rings. The summed E-state index contributed by atoms with van der Waals surface area (Å²) < 4.78 is 45.6. The van der Waals surface area contributed by atoms with Crippen molar-refractivity contribution in [3.8, 4) is 6.07 Å². The number of aromatic carboxylic acids is 1. The molecule has 0 bridgehead atoms. The molecule has 4 rings (SSSR count). The summed E-state index contributed by atoms with van der Waals surface area (Å²) in [6.07, 6.45) is 0.299. The first-order chi connectivity index (χ1) is 19.7. The minimum Gasteiger partial charge on any atom is -0.478 e. The summed E-state index contributed by atoms with van der Waals surface area (Å²) in [5, 5.41) is 25.7. The number of rotatable bonds is 7. The monoisotopic (exact) mass is 617 g/mol. The van der Waals surface area contributed by atoms with Crippen molar-refractivity contribution < 1.29 is 27.9 Å². The third kappa shape index (κ3) is 5.98. The fourth-order valence-electron chi connectivity index (χ4n) is 5.70. The van der Waals surface area contributed by atoms with E-state index in [4.69, 9.17) is 28.3 Å². The maximum atomic E-state index is 15.7. The van der Waals surface area contributed by atoms with Gasteiger partial charge in [0.1, 0.15) is 22.9 Å². The minimum atomic E-state index is -1.79. The van der Waals surface area contributed by atoms with Gasteiger partial charge in [-0.25, -0.2) is 18.0 Å². The second-order valence-corrected chi connectivity index (χ2v) is 12.4. The van der Waals surface area contributed by atoms with Crippen molar-refractivity contribution in [3.05, 3.63) is 104 Å². The van der Waals surface area contributed by atoms with Gasteiger partial charge < -0.3 is 15.7 Å². The van der Waals surface area contributed by atoms with Crippen LogP contribution >= 0.6 is 23.2 Å². The molecule has 1 fully saturated rings. The quantitative estimate of drug-likeness (QED) is 0.272. The number of benzene rings is 3. The topological polar surface area (TPSA) is 102 Å². The summed E-state index contributed by atoms with van der Waals surface area (Å²) in [4.78, 5) is 25.0. The van der Waals surface area contributed by atoms with E-state index in [0.29, 0.717) is 6.42 Å². The summed E-state index contributed by atoms with van der Waals surface area (Å²) in [7, 11) is 0. The highest BCUT2D eigenvalue weighted by molar-refractivity contribution is 6.31. The van der Waals surface area contributed by atoms with Crippen molar-refractivity contribution in [1.82, 2.24) is 10.6 Å². The van der Waals surface area contributed by atoms with E-state index in [2.05, 4.69) is 16.7 Å². The molecule has 0 unspecified atom stereocenters. The van der Waals surface area contributed by atoms with Gasteiger partial charge in [0.2, 0.25) is 5.91 Å². The van der Waals surface area contributed by atoms with Crippen LogP contribution in [0.15, 0.2) is 54.6 Å². The predicted octanol–water partition coefficient (Wildman–Crippen LogP) is 6.75. The Labute approximate surface area is 251 Å². The number of hydrogen-bond donors (Lipinski definition) is 3. The molecule has 1 amide bonds. The highest BCUT2D eigenvalue weighted by atomic mass is 35.5. The Hall–Kier alpha value is -3.58. The molecule has 11 heteroatoms. The van der Waals surface area contributed by atoms with Gasteiger partial charge >= 0.3 is 5.97 Å². The van der Waals surface area contributed by atoms with Gasteiger partial charge in [-0.15, -0.1) is 0 Å². The predicted molar refractivity (Wildman–Crippen MR) is 153 cm³/mol. The van der Waals surface area contributed by atoms with Gasteiger partial charge in [-0.1, -0.05) is 68.2 Å². The van der Waals surface area contributed by atoms with E-state index in [1.54, 1.807) is 0 Å². The first kappa shape index (κ1) is 31.4. The lowest BCUT2D eigenvalue weighted by Gasteiger charge is -2.37. The fraction of sp³-hybridized carbons (Fsp3) is 0.323. The molecule has 220 valence electrons. The maximum absolute atomic E-state index is 15.7. The average molecular weight is 618 g/mol. The lowest BCUT2D eigenvalue weighted by molar-refractivity contribution is -0.123. The van der Waals surface area contributed by atoms with Gasteiger partial charge in [0.05, 0.1) is 22.7 Å². The largest absolute Gasteiger partial charge is 0.478 e. The van der Waals surface area contributed by atoms with Gasteiger partial charge in [0.15, 0.2) is 0 Å². The normalized spacial score (nSPS) is 22.0. The molecule has 1 aliphatic rings. The van der Waals surface area contributed by atoms with E-state index in [9.17, 15) is 19.2 Å². The number of carbonyl (C=O) groups is 2. The summed E-state index contributed by atoms with van der Waals surface area (Å²) in [5.41, 5.74) is -2.55. The molecule has 42 heavy (non-hydrogen) atoms. The first-order valence-corrected chi connectivity index (χ1v) is 13.8. The summed E-state index contributed by atoms with van der Waals surface area (Å²) in [5.74, 6) is -5.95. The van der Waals surface area contributed by atoms with Gasteiger partial charge in [-0.2, -0.15) is 5.26 Å². The molecule has 0 aliphatic carbocycles. The van der Waals surface area contributed by atoms with Crippen molar-refractivity contribution in [2.24, 2.45) is 5.41 Å². The molecule has 1 heterocycles. The molecule has 1 saturated heterocycles. The van der Waals surface area contributed by atoms with Crippen LogP contribution in [0.5, 0.6) is 0 Å². The molecule has 3 N–H and O–H groups in total. The molecule has 0 saturated carbocycles.